The van der Waals surface area contributed by atoms with Crippen LogP contribution >= 0.6 is 0 Å². The number of amides is 1. The maximum absolute atomic E-state index is 11.1. The maximum atomic E-state index is 11.1. The molecule has 3 rings (SSSR count). The van der Waals surface area contributed by atoms with Crippen LogP contribution in [0.4, 0.5) is 4.79 Å². The van der Waals surface area contributed by atoms with Crippen LogP contribution in [-0.4, -0.2) is 88.9 Å². The van der Waals surface area contributed by atoms with Crippen LogP contribution in [0.2, 0.25) is 0 Å². The molecule has 1 saturated heterocycles. The Hall–Kier alpha value is -2.40. The predicted octanol–water partition coefficient (Wildman–Crippen LogP) is -6.97. The van der Waals surface area contributed by atoms with Gasteiger partial charge in [-0.25, -0.2) is 19.3 Å². The number of hydrogen-bond donors (Lipinski definition) is 8. The number of nitrogens with zero attached hydrogens (tertiary/aromatic N) is 2. The number of primary amides is 1. The quantitative estimate of drug-likeness (QED) is 0.163. The second-order valence-electron chi connectivity index (χ2n) is 5.96. The van der Waals surface area contributed by atoms with Gasteiger partial charge in [-0.1, -0.05) is 0 Å². The number of rotatable bonds is 4. The first kappa shape index (κ1) is 18.4. The lowest BCUT2D eigenvalue weighted by atomic mass is 9.86. The Morgan fingerprint density at radius 2 is 2.12 bits per heavy atom. The average molecular weight is 396 g/mol. The Morgan fingerprint density at radius 1 is 1.46 bits per heavy atom. The summed E-state index contributed by atoms with van der Waals surface area (Å²) in [4.78, 5) is 18.8. The van der Waals surface area contributed by atoms with Crippen LogP contribution in [0.1, 0.15) is 0 Å². The van der Waals surface area contributed by atoms with E-state index >= 15 is 0 Å². The lowest BCUT2D eigenvalue weighted by Gasteiger charge is -2.45. The van der Waals surface area contributed by atoms with Gasteiger partial charge in [0.1, 0.15) is 12.6 Å². The standard InChI is InChI=1S/C10H17N7O8S/c11-6-15-5-3(2-24-8(13)18)14-7(12)17-1-4(25-26(21,22)23)10(19,20)9(5,17)16-6/h3-5,19-20H,1-2H2,(H2,12,14)(H2,13,18)(H3,11,15,16)(H,21,22,23)/p+1/t3-,4-,5-,9-/m0/s1. The highest BCUT2D eigenvalue weighted by Crippen LogP contribution is 2.42. The lowest BCUT2D eigenvalue weighted by Crippen LogP contribution is -2.90. The van der Waals surface area contributed by atoms with Gasteiger partial charge in [0, 0.05) is 0 Å². The molecule has 0 radical (unpaired) electrons. The molecule has 4 atom stereocenters. The molecule has 1 amide bonds. The highest BCUT2D eigenvalue weighted by Gasteiger charge is 2.77. The van der Waals surface area contributed by atoms with E-state index in [-0.39, 0.29) is 18.5 Å². The van der Waals surface area contributed by atoms with Gasteiger partial charge in [0.05, 0.1) is 6.54 Å². The Kier molecular flexibility index (Phi) is 3.92. The molecule has 0 aromatic rings. The minimum Gasteiger partial charge on any atom is -0.447 e. The van der Waals surface area contributed by atoms with E-state index in [1.54, 1.807) is 0 Å². The number of nitrogens with one attached hydrogen (secondary N) is 2. The fraction of sp³-hybridized carbons (Fsp3) is 0.700. The van der Waals surface area contributed by atoms with Crippen LogP contribution in [0, 0.1) is 0 Å². The van der Waals surface area contributed by atoms with Crippen molar-refractivity contribution in [2.24, 2.45) is 22.2 Å². The van der Waals surface area contributed by atoms with Gasteiger partial charge in [-0.05, 0) is 0 Å². The fourth-order valence-electron chi connectivity index (χ4n) is 3.54. The molecule has 0 aromatic carbocycles. The summed E-state index contributed by atoms with van der Waals surface area (Å²) in [5.74, 6) is -3.26. The first-order valence-electron chi connectivity index (χ1n) is 7.19. The minimum absolute atomic E-state index is 0.103. The average Bonchev–Trinajstić information content (AvgIpc) is 2.93. The maximum Gasteiger partial charge on any atom is 0.404 e. The summed E-state index contributed by atoms with van der Waals surface area (Å²) in [6.45, 7) is -0.845. The van der Waals surface area contributed by atoms with Gasteiger partial charge in [-0.15, -0.1) is 0 Å². The van der Waals surface area contributed by atoms with Crippen molar-refractivity contribution in [2.75, 3.05) is 13.2 Å². The van der Waals surface area contributed by atoms with Gasteiger partial charge < -0.3 is 26.4 Å². The van der Waals surface area contributed by atoms with E-state index in [2.05, 4.69) is 19.5 Å². The third kappa shape index (κ3) is 2.58. The Balaban J connectivity index is 2.04. The van der Waals surface area contributed by atoms with E-state index in [9.17, 15) is 23.4 Å². The number of carbonyl (C=O) groups is 1. The molecule has 3 aliphatic rings. The number of aliphatic imine (C=N–C) groups is 1. The first-order chi connectivity index (χ1) is 11.9. The molecule has 3 heterocycles. The summed E-state index contributed by atoms with van der Waals surface area (Å²) in [5, 5.41) is 24.0. The Labute approximate surface area is 146 Å². The van der Waals surface area contributed by atoms with Gasteiger partial charge >= 0.3 is 22.5 Å². The number of hydrogen-bond acceptors (Lipinski definition) is 12. The number of aliphatic hydroxyl groups is 2. The van der Waals surface area contributed by atoms with E-state index in [1.807, 2.05) is 0 Å². The van der Waals surface area contributed by atoms with Crippen molar-refractivity contribution in [3.63, 3.8) is 0 Å². The summed E-state index contributed by atoms with van der Waals surface area (Å²) in [7, 11) is -5.02. The zero-order chi connectivity index (χ0) is 19.5. The first-order valence-corrected chi connectivity index (χ1v) is 8.55. The van der Waals surface area contributed by atoms with Gasteiger partial charge in [0.15, 0.2) is 18.1 Å². The monoisotopic (exact) mass is 396 g/mol. The molecule has 0 aliphatic carbocycles. The third-order valence-corrected chi connectivity index (χ3v) is 4.94. The second-order valence-corrected chi connectivity index (χ2v) is 7.01. The SMILES string of the molecule is NC(=O)OC[C@@H]1N=C(N)N2C[C@H](OS(=O)(=O)O)C(O)(O)[C@@]23NC(N)=[NH+][C@@H]13. The van der Waals surface area contributed by atoms with Crippen molar-refractivity contribution in [3.05, 3.63) is 0 Å². The molecule has 1 spiro atoms. The number of ether oxygens (including phenoxy) is 1. The van der Waals surface area contributed by atoms with Crippen LogP contribution in [0.3, 0.4) is 0 Å². The van der Waals surface area contributed by atoms with E-state index in [0.29, 0.717) is 0 Å². The number of nitrogens with two attached hydrogens (primary N) is 3. The van der Waals surface area contributed by atoms with Crippen molar-refractivity contribution in [3.8, 4) is 0 Å². The predicted molar refractivity (Wildman–Crippen MR) is 81.1 cm³/mol. The van der Waals surface area contributed by atoms with Gasteiger partial charge in [0.25, 0.3) is 11.4 Å². The zero-order valence-electron chi connectivity index (χ0n) is 13.1. The smallest absolute Gasteiger partial charge is 0.404 e. The molecule has 0 saturated carbocycles. The molecule has 16 heteroatoms. The highest BCUT2D eigenvalue weighted by molar-refractivity contribution is 7.80. The third-order valence-electron chi connectivity index (χ3n) is 4.46. The normalized spacial score (nSPS) is 35.0. The summed E-state index contributed by atoms with van der Waals surface area (Å²) in [5.41, 5.74) is 14.6. The van der Waals surface area contributed by atoms with Gasteiger partial charge in [0.2, 0.25) is 0 Å². The zero-order valence-corrected chi connectivity index (χ0v) is 13.9. The molecule has 0 aromatic heterocycles. The van der Waals surface area contributed by atoms with Crippen LogP contribution in [-0.2, 0) is 19.3 Å². The molecule has 1 fully saturated rings. The van der Waals surface area contributed by atoms with Crippen molar-refractivity contribution in [1.29, 1.82) is 0 Å². The topological polar surface area (TPSA) is 250 Å². The van der Waals surface area contributed by atoms with Crippen LogP contribution in [0.25, 0.3) is 0 Å². The Morgan fingerprint density at radius 3 is 2.69 bits per heavy atom. The molecule has 26 heavy (non-hydrogen) atoms. The molecule has 0 unspecified atom stereocenters. The summed E-state index contributed by atoms with van der Waals surface area (Å²) < 4.78 is 40.1. The molecule has 3 aliphatic heterocycles. The van der Waals surface area contributed by atoms with Crippen molar-refractivity contribution in [2.45, 2.75) is 29.6 Å². The summed E-state index contributed by atoms with van der Waals surface area (Å²) in [6, 6.07) is -2.00. The molecule has 146 valence electrons. The van der Waals surface area contributed by atoms with Crippen LogP contribution in [0.15, 0.2) is 4.99 Å². The van der Waals surface area contributed by atoms with E-state index in [4.69, 9.17) is 26.5 Å². The molecule has 0 bridgehead atoms. The van der Waals surface area contributed by atoms with Crippen molar-refractivity contribution < 1.29 is 41.9 Å². The van der Waals surface area contributed by atoms with Crippen molar-refractivity contribution >= 4 is 28.4 Å². The fourth-order valence-corrected chi connectivity index (χ4v) is 4.03. The summed E-state index contributed by atoms with van der Waals surface area (Å²) in [6.07, 6.45) is -2.93. The largest absolute Gasteiger partial charge is 0.447 e. The minimum atomic E-state index is -5.02. The van der Waals surface area contributed by atoms with E-state index < -0.39 is 52.7 Å². The van der Waals surface area contributed by atoms with Gasteiger partial charge in [-0.3, -0.25) is 20.2 Å². The number of guanidine groups is 2. The Bertz CT molecular complexity index is 797. The second kappa shape index (κ2) is 5.55. The van der Waals surface area contributed by atoms with Crippen LogP contribution < -0.4 is 27.5 Å². The highest BCUT2D eigenvalue weighted by atomic mass is 32.3. The summed E-state index contributed by atoms with van der Waals surface area (Å²) >= 11 is 0. The van der Waals surface area contributed by atoms with Crippen molar-refractivity contribution in [1.82, 2.24) is 10.2 Å². The van der Waals surface area contributed by atoms with E-state index in [1.165, 1.54) is 0 Å². The molecular formula is C10H18N7O8S+. The molecule has 11 N–H and O–H groups in total. The van der Waals surface area contributed by atoms with Gasteiger partial charge in [-0.2, -0.15) is 8.42 Å². The van der Waals surface area contributed by atoms with Crippen LogP contribution in [0.5, 0.6) is 0 Å². The molecular weight excluding hydrogens is 378 g/mol. The van der Waals surface area contributed by atoms with E-state index in [0.717, 1.165) is 4.90 Å². The molecule has 15 nitrogen and oxygen atoms in total. The number of carbonyl (C=O) groups excluding carboxylic acids is 1. The lowest BCUT2D eigenvalue weighted by molar-refractivity contribution is -0.522.